The highest BCUT2D eigenvalue weighted by molar-refractivity contribution is 5.95. The summed E-state index contributed by atoms with van der Waals surface area (Å²) in [5.41, 5.74) is 7.19. The standard InChI is InChI=1S/C15H16N2O3/c16-14(8-10-4-6-12(18)7-5-10)15(20)17-11-2-1-3-13(19)9-11/h1-7,9,14,18-19H,8,16H2,(H,17,20). The molecule has 0 bridgehead atoms. The molecule has 1 amide bonds. The van der Waals surface area contributed by atoms with Crippen LogP contribution in [0.5, 0.6) is 11.5 Å². The van der Waals surface area contributed by atoms with Gasteiger partial charge >= 0.3 is 0 Å². The molecule has 0 spiro atoms. The topological polar surface area (TPSA) is 95.6 Å². The molecule has 104 valence electrons. The van der Waals surface area contributed by atoms with Gasteiger partial charge in [-0.2, -0.15) is 0 Å². The molecule has 0 saturated carbocycles. The number of carbonyl (C=O) groups excluding carboxylic acids is 1. The van der Waals surface area contributed by atoms with Gasteiger partial charge < -0.3 is 21.3 Å². The van der Waals surface area contributed by atoms with Gasteiger partial charge in [0, 0.05) is 11.8 Å². The smallest absolute Gasteiger partial charge is 0.241 e. The Kier molecular flexibility index (Phi) is 4.22. The van der Waals surface area contributed by atoms with E-state index in [0.717, 1.165) is 5.56 Å². The molecule has 0 fully saturated rings. The van der Waals surface area contributed by atoms with Gasteiger partial charge in [-0.1, -0.05) is 18.2 Å². The first-order valence-corrected chi connectivity index (χ1v) is 6.18. The Morgan fingerprint density at radius 2 is 1.80 bits per heavy atom. The molecule has 0 aliphatic rings. The molecule has 0 aliphatic heterocycles. The van der Waals surface area contributed by atoms with E-state index < -0.39 is 6.04 Å². The van der Waals surface area contributed by atoms with Crippen LogP contribution in [0.2, 0.25) is 0 Å². The number of phenols is 2. The van der Waals surface area contributed by atoms with Crippen molar-refractivity contribution >= 4 is 11.6 Å². The lowest BCUT2D eigenvalue weighted by atomic mass is 10.1. The fourth-order valence-corrected chi connectivity index (χ4v) is 1.80. The lowest BCUT2D eigenvalue weighted by molar-refractivity contribution is -0.117. The number of rotatable bonds is 4. The maximum Gasteiger partial charge on any atom is 0.241 e. The fraction of sp³-hybridized carbons (Fsp3) is 0.133. The molecule has 1 unspecified atom stereocenters. The first-order chi connectivity index (χ1) is 9.54. The second kappa shape index (κ2) is 6.08. The molecule has 0 aliphatic carbocycles. The molecular weight excluding hydrogens is 256 g/mol. The van der Waals surface area contributed by atoms with Crippen molar-refractivity contribution in [1.29, 1.82) is 0 Å². The lowest BCUT2D eigenvalue weighted by Gasteiger charge is -2.12. The van der Waals surface area contributed by atoms with Crippen molar-refractivity contribution in [2.45, 2.75) is 12.5 Å². The molecule has 5 nitrogen and oxygen atoms in total. The van der Waals surface area contributed by atoms with Gasteiger partial charge in [-0.25, -0.2) is 0 Å². The Morgan fingerprint density at radius 3 is 2.45 bits per heavy atom. The fourth-order valence-electron chi connectivity index (χ4n) is 1.80. The van der Waals surface area contributed by atoms with Gasteiger partial charge in [-0.15, -0.1) is 0 Å². The highest BCUT2D eigenvalue weighted by atomic mass is 16.3. The number of hydrogen-bond acceptors (Lipinski definition) is 4. The van der Waals surface area contributed by atoms with Crippen LogP contribution in [-0.4, -0.2) is 22.2 Å². The van der Waals surface area contributed by atoms with Gasteiger partial charge in [-0.3, -0.25) is 4.79 Å². The van der Waals surface area contributed by atoms with Gasteiger partial charge in [0.2, 0.25) is 5.91 Å². The SMILES string of the molecule is NC(Cc1ccc(O)cc1)C(=O)Nc1cccc(O)c1. The summed E-state index contributed by atoms with van der Waals surface area (Å²) < 4.78 is 0. The van der Waals surface area contributed by atoms with Crippen LogP contribution < -0.4 is 11.1 Å². The molecule has 20 heavy (non-hydrogen) atoms. The number of aromatic hydroxyl groups is 2. The average Bonchev–Trinajstić information content (AvgIpc) is 2.41. The number of nitrogens with one attached hydrogen (secondary N) is 1. The van der Waals surface area contributed by atoms with Gasteiger partial charge in [0.1, 0.15) is 11.5 Å². The first kappa shape index (κ1) is 13.9. The predicted octanol–water partition coefficient (Wildman–Crippen LogP) is 1.61. The van der Waals surface area contributed by atoms with Crippen molar-refractivity contribution in [3.63, 3.8) is 0 Å². The van der Waals surface area contributed by atoms with E-state index in [9.17, 15) is 15.0 Å². The van der Waals surface area contributed by atoms with Gasteiger partial charge in [0.05, 0.1) is 6.04 Å². The number of nitrogens with two attached hydrogens (primary N) is 1. The van der Waals surface area contributed by atoms with Crippen LogP contribution in [0.1, 0.15) is 5.56 Å². The molecule has 0 saturated heterocycles. The molecule has 2 rings (SSSR count). The summed E-state index contributed by atoms with van der Waals surface area (Å²) in [6, 6.07) is 12.1. The highest BCUT2D eigenvalue weighted by Crippen LogP contribution is 2.16. The Labute approximate surface area is 116 Å². The average molecular weight is 272 g/mol. The minimum atomic E-state index is -0.707. The van der Waals surface area contributed by atoms with E-state index in [1.807, 2.05) is 0 Å². The molecule has 2 aromatic rings. The number of carbonyl (C=O) groups is 1. The van der Waals surface area contributed by atoms with E-state index in [4.69, 9.17) is 5.73 Å². The summed E-state index contributed by atoms with van der Waals surface area (Å²) in [7, 11) is 0. The molecule has 5 N–H and O–H groups in total. The van der Waals surface area contributed by atoms with Gasteiger partial charge in [-0.05, 0) is 36.2 Å². The quantitative estimate of drug-likeness (QED) is 0.680. The van der Waals surface area contributed by atoms with Crippen LogP contribution in [0.4, 0.5) is 5.69 Å². The second-order valence-corrected chi connectivity index (χ2v) is 4.52. The molecule has 5 heteroatoms. The molecule has 1 atom stereocenters. The molecular formula is C15H16N2O3. The molecule has 2 aromatic carbocycles. The summed E-state index contributed by atoms with van der Waals surface area (Å²) >= 11 is 0. The van der Waals surface area contributed by atoms with Crippen LogP contribution >= 0.6 is 0 Å². The maximum absolute atomic E-state index is 11.9. The van der Waals surface area contributed by atoms with Crippen LogP contribution in [0.3, 0.4) is 0 Å². The van der Waals surface area contributed by atoms with Crippen molar-refractivity contribution in [2.75, 3.05) is 5.32 Å². The van der Waals surface area contributed by atoms with Gasteiger partial charge in [0.15, 0.2) is 0 Å². The first-order valence-electron chi connectivity index (χ1n) is 6.18. The zero-order valence-corrected chi connectivity index (χ0v) is 10.8. The molecule has 0 aromatic heterocycles. The number of phenolic OH excluding ortho intramolecular Hbond substituents is 2. The zero-order chi connectivity index (χ0) is 14.5. The third-order valence-electron chi connectivity index (χ3n) is 2.84. The number of benzene rings is 2. The van der Waals surface area contributed by atoms with Crippen molar-refractivity contribution in [3.8, 4) is 11.5 Å². The predicted molar refractivity (Wildman–Crippen MR) is 76.5 cm³/mol. The van der Waals surface area contributed by atoms with Crippen molar-refractivity contribution in [3.05, 3.63) is 54.1 Å². The number of amides is 1. The van der Waals surface area contributed by atoms with E-state index in [2.05, 4.69) is 5.32 Å². The Bertz CT molecular complexity index is 596. The van der Waals surface area contributed by atoms with Crippen LogP contribution in [0.15, 0.2) is 48.5 Å². The van der Waals surface area contributed by atoms with E-state index in [-0.39, 0.29) is 17.4 Å². The maximum atomic E-state index is 11.9. The van der Waals surface area contributed by atoms with Crippen molar-refractivity contribution in [1.82, 2.24) is 0 Å². The monoisotopic (exact) mass is 272 g/mol. The molecule has 0 radical (unpaired) electrons. The third-order valence-corrected chi connectivity index (χ3v) is 2.84. The van der Waals surface area contributed by atoms with Crippen LogP contribution in [-0.2, 0) is 11.2 Å². The summed E-state index contributed by atoms with van der Waals surface area (Å²) in [5.74, 6) is -0.0786. The van der Waals surface area contributed by atoms with Crippen LogP contribution in [0.25, 0.3) is 0 Å². The Hall–Kier alpha value is -2.53. The summed E-state index contributed by atoms with van der Waals surface area (Å²) in [5, 5.41) is 21.1. The summed E-state index contributed by atoms with van der Waals surface area (Å²) in [6.07, 6.45) is 0.366. The Morgan fingerprint density at radius 1 is 1.10 bits per heavy atom. The lowest BCUT2D eigenvalue weighted by Crippen LogP contribution is -2.37. The summed E-state index contributed by atoms with van der Waals surface area (Å²) in [4.78, 5) is 11.9. The molecule has 0 heterocycles. The minimum Gasteiger partial charge on any atom is -0.508 e. The number of anilines is 1. The van der Waals surface area contributed by atoms with E-state index in [0.29, 0.717) is 12.1 Å². The summed E-state index contributed by atoms with van der Waals surface area (Å²) in [6.45, 7) is 0. The second-order valence-electron chi connectivity index (χ2n) is 4.52. The normalized spacial score (nSPS) is 11.8. The number of hydrogen-bond donors (Lipinski definition) is 4. The van der Waals surface area contributed by atoms with E-state index >= 15 is 0 Å². The van der Waals surface area contributed by atoms with Crippen molar-refractivity contribution in [2.24, 2.45) is 5.73 Å². The van der Waals surface area contributed by atoms with E-state index in [1.54, 1.807) is 36.4 Å². The third kappa shape index (κ3) is 3.73. The van der Waals surface area contributed by atoms with Gasteiger partial charge in [0.25, 0.3) is 0 Å². The van der Waals surface area contributed by atoms with Crippen molar-refractivity contribution < 1.29 is 15.0 Å². The van der Waals surface area contributed by atoms with E-state index in [1.165, 1.54) is 12.1 Å². The van der Waals surface area contributed by atoms with Crippen LogP contribution in [0, 0.1) is 0 Å². The highest BCUT2D eigenvalue weighted by Gasteiger charge is 2.14. The zero-order valence-electron chi connectivity index (χ0n) is 10.8. The largest absolute Gasteiger partial charge is 0.508 e. The minimum absolute atomic E-state index is 0.0786. The Balaban J connectivity index is 1.96.